The molecule has 1 atom stereocenters. The number of nitrogens with zero attached hydrogens (tertiary/aromatic N) is 3. The summed E-state index contributed by atoms with van der Waals surface area (Å²) in [7, 11) is 3.36. The van der Waals surface area contributed by atoms with Gasteiger partial charge in [0, 0.05) is 31.5 Å². The summed E-state index contributed by atoms with van der Waals surface area (Å²) in [5.41, 5.74) is 5.10. The SMILES string of the molecule is CCc1ccc(-c2noc(C3=C(C)N(CCCOC)C(=S)NC3c3ccc(OC)cc3)n2)cc1. The fraction of sp³-hybridized carbons (Fsp3) is 0.346. The molecule has 1 aliphatic rings. The van der Waals surface area contributed by atoms with Gasteiger partial charge in [0.1, 0.15) is 5.75 Å². The summed E-state index contributed by atoms with van der Waals surface area (Å²) >= 11 is 5.74. The number of benzene rings is 2. The number of allylic oxidation sites excluding steroid dienone is 1. The van der Waals surface area contributed by atoms with Crippen molar-refractivity contribution in [2.24, 2.45) is 0 Å². The van der Waals surface area contributed by atoms with Crippen LogP contribution in [-0.2, 0) is 11.2 Å². The molecule has 0 radical (unpaired) electrons. The summed E-state index contributed by atoms with van der Waals surface area (Å²) in [6.45, 7) is 5.56. The van der Waals surface area contributed by atoms with Gasteiger partial charge in [0.05, 0.1) is 18.7 Å². The summed E-state index contributed by atoms with van der Waals surface area (Å²) in [5.74, 6) is 1.83. The molecule has 8 heteroatoms. The van der Waals surface area contributed by atoms with Gasteiger partial charge in [-0.25, -0.2) is 0 Å². The predicted octanol–water partition coefficient (Wildman–Crippen LogP) is 5.01. The van der Waals surface area contributed by atoms with Gasteiger partial charge < -0.3 is 24.2 Å². The molecular weight excluding hydrogens is 448 g/mol. The average Bonchev–Trinajstić information content (AvgIpc) is 3.35. The minimum atomic E-state index is -0.229. The number of hydrogen-bond acceptors (Lipinski definition) is 6. The molecule has 34 heavy (non-hydrogen) atoms. The maximum Gasteiger partial charge on any atom is 0.258 e. The Morgan fingerprint density at radius 1 is 1.09 bits per heavy atom. The van der Waals surface area contributed by atoms with Gasteiger partial charge in [0.2, 0.25) is 5.82 Å². The van der Waals surface area contributed by atoms with Crippen LogP contribution in [0.1, 0.15) is 43.3 Å². The molecule has 1 aliphatic heterocycles. The highest BCUT2D eigenvalue weighted by atomic mass is 32.1. The van der Waals surface area contributed by atoms with Gasteiger partial charge in [-0.2, -0.15) is 4.98 Å². The van der Waals surface area contributed by atoms with Crippen LogP contribution in [0.15, 0.2) is 58.8 Å². The molecule has 0 bridgehead atoms. The fourth-order valence-corrected chi connectivity index (χ4v) is 4.43. The van der Waals surface area contributed by atoms with Gasteiger partial charge in [-0.3, -0.25) is 0 Å². The van der Waals surface area contributed by atoms with Crippen LogP contribution in [-0.4, -0.2) is 47.5 Å². The smallest absolute Gasteiger partial charge is 0.258 e. The zero-order valence-electron chi connectivity index (χ0n) is 20.0. The highest BCUT2D eigenvalue weighted by Gasteiger charge is 2.34. The van der Waals surface area contributed by atoms with Crippen LogP contribution < -0.4 is 10.1 Å². The molecular formula is C26H30N4O3S. The van der Waals surface area contributed by atoms with Crippen LogP contribution in [0.25, 0.3) is 17.0 Å². The maximum absolute atomic E-state index is 5.81. The topological polar surface area (TPSA) is 72.7 Å². The summed E-state index contributed by atoms with van der Waals surface area (Å²) < 4.78 is 16.4. The summed E-state index contributed by atoms with van der Waals surface area (Å²) in [5, 5.41) is 8.43. The lowest BCUT2D eigenvalue weighted by Gasteiger charge is -2.37. The van der Waals surface area contributed by atoms with E-state index >= 15 is 0 Å². The Bertz CT molecular complexity index is 1160. The Kier molecular flexibility index (Phi) is 7.59. The second-order valence-corrected chi connectivity index (χ2v) is 8.51. The van der Waals surface area contributed by atoms with Crippen LogP contribution >= 0.6 is 12.2 Å². The van der Waals surface area contributed by atoms with Gasteiger partial charge in [-0.15, -0.1) is 0 Å². The van der Waals surface area contributed by atoms with Gasteiger partial charge >= 0.3 is 0 Å². The third-order valence-corrected chi connectivity index (χ3v) is 6.39. The molecule has 0 saturated heterocycles. The van der Waals surface area contributed by atoms with Crippen LogP contribution in [0.2, 0.25) is 0 Å². The largest absolute Gasteiger partial charge is 0.497 e. The van der Waals surface area contributed by atoms with Crippen molar-refractivity contribution in [3.8, 4) is 17.1 Å². The Morgan fingerprint density at radius 3 is 2.47 bits per heavy atom. The first kappa shape index (κ1) is 23.9. The number of thiocarbonyl (C=S) groups is 1. The molecule has 1 aromatic heterocycles. The Labute approximate surface area is 205 Å². The van der Waals surface area contributed by atoms with E-state index in [-0.39, 0.29) is 6.04 Å². The Balaban J connectivity index is 1.74. The normalized spacial score (nSPS) is 16.1. The molecule has 1 N–H and O–H groups in total. The molecule has 0 spiro atoms. The van der Waals surface area contributed by atoms with Crippen molar-refractivity contribution in [1.82, 2.24) is 20.4 Å². The lowest BCUT2D eigenvalue weighted by atomic mass is 9.94. The third-order valence-electron chi connectivity index (χ3n) is 6.05. The minimum Gasteiger partial charge on any atom is -0.497 e. The molecule has 4 rings (SSSR count). The number of aromatic nitrogens is 2. The summed E-state index contributed by atoms with van der Waals surface area (Å²) in [4.78, 5) is 6.85. The van der Waals surface area contributed by atoms with E-state index in [1.54, 1.807) is 14.2 Å². The van der Waals surface area contributed by atoms with Crippen molar-refractivity contribution in [3.63, 3.8) is 0 Å². The number of aryl methyl sites for hydroxylation is 1. The number of hydrogen-bond donors (Lipinski definition) is 1. The quantitative estimate of drug-likeness (QED) is 0.340. The van der Waals surface area contributed by atoms with Crippen molar-refractivity contribution in [2.45, 2.75) is 32.7 Å². The standard InChI is InChI=1S/C26H30N4O3S/c1-5-18-7-9-20(10-8-18)24-28-25(33-29-24)22-17(2)30(15-6-16-31-3)26(34)27-23(22)19-11-13-21(32-4)14-12-19/h7-14,23H,5-6,15-16H2,1-4H3,(H,27,34). The number of ether oxygens (including phenoxy) is 2. The lowest BCUT2D eigenvalue weighted by Crippen LogP contribution is -2.46. The second kappa shape index (κ2) is 10.8. The van der Waals surface area contributed by atoms with E-state index in [2.05, 4.69) is 34.4 Å². The van der Waals surface area contributed by atoms with E-state index < -0.39 is 0 Å². The zero-order valence-corrected chi connectivity index (χ0v) is 20.8. The first-order chi connectivity index (χ1) is 16.5. The molecule has 2 heterocycles. The second-order valence-electron chi connectivity index (χ2n) is 8.13. The van der Waals surface area contributed by atoms with Gasteiger partial charge in [-0.05, 0) is 55.2 Å². The van der Waals surface area contributed by atoms with Crippen molar-refractivity contribution in [3.05, 3.63) is 71.2 Å². The molecule has 0 amide bonds. The predicted molar refractivity (Wildman–Crippen MR) is 136 cm³/mol. The Hall–Kier alpha value is -3.23. The summed E-state index contributed by atoms with van der Waals surface area (Å²) in [6.07, 6.45) is 1.83. The van der Waals surface area contributed by atoms with E-state index in [1.165, 1.54) is 5.56 Å². The number of nitrogens with one attached hydrogen (secondary N) is 1. The third kappa shape index (κ3) is 4.98. The highest BCUT2D eigenvalue weighted by molar-refractivity contribution is 7.80. The molecule has 178 valence electrons. The van der Waals surface area contributed by atoms with Crippen molar-refractivity contribution in [1.29, 1.82) is 0 Å². The molecule has 0 saturated carbocycles. The Morgan fingerprint density at radius 2 is 1.82 bits per heavy atom. The van der Waals surface area contributed by atoms with Crippen molar-refractivity contribution in [2.75, 3.05) is 27.4 Å². The fourth-order valence-electron chi connectivity index (χ4n) is 4.08. The van der Waals surface area contributed by atoms with E-state index in [0.717, 1.165) is 47.5 Å². The first-order valence-electron chi connectivity index (χ1n) is 11.4. The number of methoxy groups -OCH3 is 2. The monoisotopic (exact) mass is 478 g/mol. The molecule has 7 nitrogen and oxygen atoms in total. The van der Waals surface area contributed by atoms with E-state index in [4.69, 9.17) is 31.2 Å². The lowest BCUT2D eigenvalue weighted by molar-refractivity contribution is 0.188. The van der Waals surface area contributed by atoms with Crippen LogP contribution in [0.3, 0.4) is 0 Å². The molecule has 0 aliphatic carbocycles. The first-order valence-corrected chi connectivity index (χ1v) is 11.8. The average molecular weight is 479 g/mol. The zero-order chi connectivity index (χ0) is 24.1. The van der Waals surface area contributed by atoms with Crippen LogP contribution in [0.4, 0.5) is 0 Å². The van der Waals surface area contributed by atoms with Crippen LogP contribution in [0, 0.1) is 0 Å². The van der Waals surface area contributed by atoms with Gasteiger partial charge in [0.15, 0.2) is 5.11 Å². The molecule has 3 aromatic rings. The van der Waals surface area contributed by atoms with Crippen molar-refractivity contribution < 1.29 is 14.0 Å². The van der Waals surface area contributed by atoms with E-state index in [0.29, 0.717) is 23.4 Å². The maximum atomic E-state index is 5.81. The van der Waals surface area contributed by atoms with Crippen LogP contribution in [0.5, 0.6) is 5.75 Å². The number of rotatable bonds is 9. The summed E-state index contributed by atoms with van der Waals surface area (Å²) in [6, 6.07) is 15.9. The molecule has 2 aromatic carbocycles. The highest BCUT2D eigenvalue weighted by Crippen LogP contribution is 2.38. The van der Waals surface area contributed by atoms with Crippen molar-refractivity contribution >= 4 is 22.9 Å². The van der Waals surface area contributed by atoms with Gasteiger partial charge in [-0.1, -0.05) is 48.5 Å². The molecule has 1 unspecified atom stereocenters. The van der Waals surface area contributed by atoms with E-state index in [1.807, 2.05) is 43.3 Å². The minimum absolute atomic E-state index is 0.229. The molecule has 0 fully saturated rings. The van der Waals surface area contributed by atoms with E-state index in [9.17, 15) is 0 Å². The van der Waals surface area contributed by atoms with Gasteiger partial charge in [0.25, 0.3) is 5.89 Å².